The molecule has 1 fully saturated rings. The largest absolute Gasteiger partial charge is 0.315 e. The average Bonchev–Trinajstić information content (AvgIpc) is 2.68. The van der Waals surface area contributed by atoms with E-state index in [0.29, 0.717) is 6.54 Å². The predicted molar refractivity (Wildman–Crippen MR) is 48.4 cm³/mol. The Morgan fingerprint density at radius 2 is 2.00 bits per heavy atom. The Kier molecular flexibility index (Phi) is 3.49. The summed E-state index contributed by atoms with van der Waals surface area (Å²) < 4.78 is 23.6. The van der Waals surface area contributed by atoms with E-state index in [2.05, 4.69) is 10.0 Å². The van der Waals surface area contributed by atoms with E-state index in [0.717, 1.165) is 19.0 Å². The van der Waals surface area contributed by atoms with Gasteiger partial charge in [-0.1, -0.05) is 0 Å². The average molecular weight is 192 g/mol. The van der Waals surface area contributed by atoms with E-state index in [1.54, 1.807) is 0 Å². The van der Waals surface area contributed by atoms with Gasteiger partial charge in [0.15, 0.2) is 0 Å². The fourth-order valence-electron chi connectivity index (χ4n) is 0.953. The van der Waals surface area contributed by atoms with Gasteiger partial charge >= 0.3 is 0 Å². The fourth-order valence-corrected chi connectivity index (χ4v) is 1.43. The highest BCUT2D eigenvalue weighted by Crippen LogP contribution is 2.27. The molecule has 1 aliphatic carbocycles. The zero-order chi connectivity index (χ0) is 9.03. The minimum atomic E-state index is -3.00. The number of nitrogens with one attached hydrogen (secondary N) is 2. The standard InChI is InChI=1S/C7H16N2O2S/c1-12(10,11)9-5-4-8-6-7-2-3-7/h7-9H,2-6H2,1H3. The van der Waals surface area contributed by atoms with Crippen LogP contribution in [0.3, 0.4) is 0 Å². The molecular formula is C7H16N2O2S. The van der Waals surface area contributed by atoms with Gasteiger partial charge in [-0.25, -0.2) is 13.1 Å². The molecule has 0 unspecified atom stereocenters. The van der Waals surface area contributed by atoms with Crippen LogP contribution in [0.1, 0.15) is 12.8 Å². The number of rotatable bonds is 6. The van der Waals surface area contributed by atoms with Crippen LogP contribution in [0.25, 0.3) is 0 Å². The Morgan fingerprint density at radius 3 is 2.50 bits per heavy atom. The monoisotopic (exact) mass is 192 g/mol. The normalized spacial score (nSPS) is 18.1. The van der Waals surface area contributed by atoms with Gasteiger partial charge in [-0.3, -0.25) is 0 Å². The van der Waals surface area contributed by atoms with Crippen molar-refractivity contribution in [3.05, 3.63) is 0 Å². The zero-order valence-corrected chi connectivity index (χ0v) is 8.15. The van der Waals surface area contributed by atoms with Crippen LogP contribution in [-0.2, 0) is 10.0 Å². The van der Waals surface area contributed by atoms with E-state index in [9.17, 15) is 8.42 Å². The number of sulfonamides is 1. The van der Waals surface area contributed by atoms with Crippen molar-refractivity contribution in [1.82, 2.24) is 10.0 Å². The van der Waals surface area contributed by atoms with Gasteiger partial charge in [0, 0.05) is 13.1 Å². The van der Waals surface area contributed by atoms with Crippen molar-refractivity contribution in [2.45, 2.75) is 12.8 Å². The first kappa shape index (κ1) is 9.95. The second kappa shape index (κ2) is 4.20. The molecule has 0 amide bonds. The molecule has 4 nitrogen and oxygen atoms in total. The highest BCUT2D eigenvalue weighted by molar-refractivity contribution is 7.88. The fraction of sp³-hybridized carbons (Fsp3) is 1.00. The van der Waals surface area contributed by atoms with E-state index in [1.807, 2.05) is 0 Å². The van der Waals surface area contributed by atoms with Crippen LogP contribution in [0.5, 0.6) is 0 Å². The van der Waals surface area contributed by atoms with Gasteiger partial charge in [0.1, 0.15) is 0 Å². The third-order valence-corrected chi connectivity index (χ3v) is 2.52. The summed E-state index contributed by atoms with van der Waals surface area (Å²) in [6, 6.07) is 0. The van der Waals surface area contributed by atoms with Crippen molar-refractivity contribution in [3.8, 4) is 0 Å². The number of hydrogen-bond acceptors (Lipinski definition) is 3. The Hall–Kier alpha value is -0.130. The summed E-state index contributed by atoms with van der Waals surface area (Å²) in [7, 11) is -3.00. The lowest BCUT2D eigenvalue weighted by Gasteiger charge is -2.03. The molecule has 1 saturated carbocycles. The maximum absolute atomic E-state index is 10.6. The zero-order valence-electron chi connectivity index (χ0n) is 7.34. The molecule has 72 valence electrons. The molecule has 2 N–H and O–H groups in total. The van der Waals surface area contributed by atoms with Crippen LogP contribution in [0.15, 0.2) is 0 Å². The first-order valence-electron chi connectivity index (χ1n) is 4.23. The Morgan fingerprint density at radius 1 is 1.33 bits per heavy atom. The predicted octanol–water partition coefficient (Wildman–Crippen LogP) is -0.465. The van der Waals surface area contributed by atoms with E-state index >= 15 is 0 Å². The minimum absolute atomic E-state index is 0.492. The van der Waals surface area contributed by atoms with Crippen molar-refractivity contribution in [2.24, 2.45) is 5.92 Å². The van der Waals surface area contributed by atoms with Gasteiger partial charge in [0.2, 0.25) is 10.0 Å². The molecule has 0 aromatic carbocycles. The first-order valence-corrected chi connectivity index (χ1v) is 6.12. The van der Waals surface area contributed by atoms with Crippen molar-refractivity contribution in [2.75, 3.05) is 25.9 Å². The van der Waals surface area contributed by atoms with E-state index in [1.165, 1.54) is 19.1 Å². The lowest BCUT2D eigenvalue weighted by atomic mass is 10.4. The Labute approximate surface area is 73.8 Å². The third-order valence-electron chi connectivity index (χ3n) is 1.80. The van der Waals surface area contributed by atoms with Gasteiger partial charge in [-0.05, 0) is 25.3 Å². The molecular weight excluding hydrogens is 176 g/mol. The molecule has 0 saturated heterocycles. The lowest BCUT2D eigenvalue weighted by molar-refractivity contribution is 0.578. The molecule has 0 bridgehead atoms. The van der Waals surface area contributed by atoms with Gasteiger partial charge in [0.25, 0.3) is 0 Å². The van der Waals surface area contributed by atoms with Gasteiger partial charge in [-0.15, -0.1) is 0 Å². The van der Waals surface area contributed by atoms with E-state index in [-0.39, 0.29) is 0 Å². The highest BCUT2D eigenvalue weighted by atomic mass is 32.2. The van der Waals surface area contributed by atoms with Crippen LogP contribution in [0.2, 0.25) is 0 Å². The SMILES string of the molecule is CS(=O)(=O)NCCNCC1CC1. The molecule has 0 radical (unpaired) electrons. The molecule has 0 aliphatic heterocycles. The summed E-state index contributed by atoms with van der Waals surface area (Å²) in [6.07, 6.45) is 3.83. The van der Waals surface area contributed by atoms with Crippen molar-refractivity contribution >= 4 is 10.0 Å². The van der Waals surface area contributed by atoms with Crippen LogP contribution < -0.4 is 10.0 Å². The van der Waals surface area contributed by atoms with Crippen molar-refractivity contribution < 1.29 is 8.42 Å². The quantitative estimate of drug-likeness (QED) is 0.560. The minimum Gasteiger partial charge on any atom is -0.315 e. The molecule has 0 spiro atoms. The maximum Gasteiger partial charge on any atom is 0.208 e. The van der Waals surface area contributed by atoms with Crippen molar-refractivity contribution in [3.63, 3.8) is 0 Å². The van der Waals surface area contributed by atoms with Crippen LogP contribution in [0.4, 0.5) is 0 Å². The Balaban J connectivity index is 1.88. The topological polar surface area (TPSA) is 58.2 Å². The van der Waals surface area contributed by atoms with Gasteiger partial charge < -0.3 is 5.32 Å². The molecule has 12 heavy (non-hydrogen) atoms. The van der Waals surface area contributed by atoms with E-state index < -0.39 is 10.0 Å². The first-order chi connectivity index (χ1) is 5.58. The molecule has 0 aromatic rings. The lowest BCUT2D eigenvalue weighted by Crippen LogP contribution is -2.31. The van der Waals surface area contributed by atoms with Gasteiger partial charge in [0.05, 0.1) is 6.26 Å². The summed E-state index contributed by atoms with van der Waals surface area (Å²) in [4.78, 5) is 0. The summed E-state index contributed by atoms with van der Waals surface area (Å²) in [6.45, 7) is 2.25. The molecule has 1 aliphatic rings. The Bertz CT molecular complexity index is 222. The highest BCUT2D eigenvalue weighted by Gasteiger charge is 2.19. The molecule has 0 heterocycles. The molecule has 0 aromatic heterocycles. The smallest absolute Gasteiger partial charge is 0.208 e. The summed E-state index contributed by atoms with van der Waals surface area (Å²) in [5.41, 5.74) is 0. The van der Waals surface area contributed by atoms with Crippen LogP contribution in [-0.4, -0.2) is 34.3 Å². The van der Waals surface area contributed by atoms with Crippen LogP contribution in [0, 0.1) is 5.92 Å². The van der Waals surface area contributed by atoms with Crippen molar-refractivity contribution in [1.29, 1.82) is 0 Å². The summed E-state index contributed by atoms with van der Waals surface area (Å²) in [5, 5.41) is 3.19. The second-order valence-electron chi connectivity index (χ2n) is 3.31. The number of hydrogen-bond donors (Lipinski definition) is 2. The van der Waals surface area contributed by atoms with Gasteiger partial charge in [-0.2, -0.15) is 0 Å². The molecule has 0 atom stereocenters. The third kappa shape index (κ3) is 5.51. The molecule has 5 heteroatoms. The maximum atomic E-state index is 10.6. The summed E-state index contributed by atoms with van der Waals surface area (Å²) in [5.74, 6) is 0.850. The van der Waals surface area contributed by atoms with Crippen LogP contribution >= 0.6 is 0 Å². The van der Waals surface area contributed by atoms with E-state index in [4.69, 9.17) is 0 Å². The summed E-state index contributed by atoms with van der Waals surface area (Å²) >= 11 is 0. The molecule has 1 rings (SSSR count). The second-order valence-corrected chi connectivity index (χ2v) is 5.15.